The molecule has 32 heavy (non-hydrogen) atoms. The fourth-order valence-corrected chi connectivity index (χ4v) is 4.60. The Hall–Kier alpha value is -2.77. The van der Waals surface area contributed by atoms with Gasteiger partial charge in [-0.2, -0.15) is 0 Å². The molecule has 0 spiro atoms. The number of carbonyl (C=O) groups is 2. The van der Waals surface area contributed by atoms with Gasteiger partial charge in [0.2, 0.25) is 5.91 Å². The van der Waals surface area contributed by atoms with Gasteiger partial charge >= 0.3 is 0 Å². The average Bonchev–Trinajstić information content (AvgIpc) is 3.23. The van der Waals surface area contributed by atoms with Crippen molar-refractivity contribution in [1.82, 2.24) is 10.1 Å². The van der Waals surface area contributed by atoms with Crippen LogP contribution >= 0.6 is 23.4 Å². The van der Waals surface area contributed by atoms with Crippen LogP contribution in [0.3, 0.4) is 0 Å². The predicted octanol–water partition coefficient (Wildman–Crippen LogP) is 5.42. The lowest BCUT2D eigenvalue weighted by Gasteiger charge is -2.31. The molecule has 1 fully saturated rings. The molecule has 6 nitrogen and oxygen atoms in total. The zero-order valence-electron chi connectivity index (χ0n) is 17.7. The Labute approximate surface area is 196 Å². The van der Waals surface area contributed by atoms with Crippen molar-refractivity contribution >= 4 is 41.0 Å². The summed E-state index contributed by atoms with van der Waals surface area (Å²) in [6.07, 6.45) is 1.26. The molecule has 0 aliphatic carbocycles. The number of aryl methyl sites for hydroxylation is 1. The lowest BCUT2D eigenvalue weighted by Crippen LogP contribution is -2.41. The number of likely N-dealkylation sites (tertiary alicyclic amines) is 1. The smallest absolute Gasteiger partial charge is 0.253 e. The van der Waals surface area contributed by atoms with Crippen LogP contribution < -0.4 is 5.32 Å². The largest absolute Gasteiger partial charge is 0.360 e. The second-order valence-electron chi connectivity index (χ2n) is 7.82. The van der Waals surface area contributed by atoms with Crippen LogP contribution in [0.25, 0.3) is 0 Å². The third-order valence-electron chi connectivity index (χ3n) is 5.45. The Morgan fingerprint density at radius 3 is 2.44 bits per heavy atom. The van der Waals surface area contributed by atoms with Gasteiger partial charge in [0.1, 0.15) is 5.76 Å². The molecule has 0 radical (unpaired) electrons. The maximum atomic E-state index is 12.9. The van der Waals surface area contributed by atoms with Crippen molar-refractivity contribution in [1.29, 1.82) is 0 Å². The second kappa shape index (κ2) is 10.2. The molecule has 1 saturated heterocycles. The fraction of sp³-hybridized carbons (Fsp3) is 0.292. The van der Waals surface area contributed by atoms with E-state index in [1.165, 1.54) is 0 Å². The van der Waals surface area contributed by atoms with E-state index in [2.05, 4.69) is 10.5 Å². The quantitative estimate of drug-likeness (QED) is 0.488. The molecule has 8 heteroatoms. The van der Waals surface area contributed by atoms with Gasteiger partial charge in [-0.1, -0.05) is 28.9 Å². The van der Waals surface area contributed by atoms with Crippen LogP contribution in [0.2, 0.25) is 5.02 Å². The summed E-state index contributed by atoms with van der Waals surface area (Å²) < 4.78 is 4.98. The number of carbonyl (C=O) groups excluding carboxylic acids is 2. The molecule has 166 valence electrons. The number of thioether (sulfide) groups is 1. The summed E-state index contributed by atoms with van der Waals surface area (Å²) in [5.41, 5.74) is 1.83. The first-order valence-corrected chi connectivity index (χ1v) is 11.8. The molecule has 2 amide bonds. The number of anilines is 1. The Bertz CT molecular complexity index is 1070. The number of piperidine rings is 1. The average molecular weight is 470 g/mol. The normalized spacial score (nSPS) is 14.4. The summed E-state index contributed by atoms with van der Waals surface area (Å²) in [6, 6.07) is 17.2. The maximum absolute atomic E-state index is 12.9. The monoisotopic (exact) mass is 469 g/mol. The maximum Gasteiger partial charge on any atom is 0.253 e. The molecule has 1 aromatic heterocycles. The SMILES string of the molecule is Cc1cc(NC(=O)C2CCN(C(=O)c3ccc(CSc4ccc(Cl)cc4)cc3)CC2)no1. The number of hydrogen-bond donors (Lipinski definition) is 1. The van der Waals surface area contributed by atoms with Gasteiger partial charge in [0.15, 0.2) is 5.82 Å². The lowest BCUT2D eigenvalue weighted by molar-refractivity contribution is -0.121. The number of benzene rings is 2. The highest BCUT2D eigenvalue weighted by atomic mass is 35.5. The zero-order valence-corrected chi connectivity index (χ0v) is 19.3. The topological polar surface area (TPSA) is 75.4 Å². The molecule has 1 N–H and O–H groups in total. The molecule has 4 rings (SSSR count). The number of amides is 2. The standard InChI is InChI=1S/C24H24ClN3O3S/c1-16-14-22(27-31-16)26-23(29)18-10-12-28(13-11-18)24(30)19-4-2-17(3-5-19)15-32-21-8-6-20(25)7-9-21/h2-9,14,18H,10-13,15H2,1H3,(H,26,27,29). The van der Waals surface area contributed by atoms with Crippen molar-refractivity contribution in [3.8, 4) is 0 Å². The molecule has 0 atom stereocenters. The molecule has 1 aliphatic rings. The molecule has 1 aliphatic heterocycles. The van der Waals surface area contributed by atoms with E-state index in [0.717, 1.165) is 21.2 Å². The van der Waals surface area contributed by atoms with Gasteiger partial charge < -0.3 is 14.7 Å². The summed E-state index contributed by atoms with van der Waals surface area (Å²) in [6.45, 7) is 2.89. The molecule has 0 saturated carbocycles. The summed E-state index contributed by atoms with van der Waals surface area (Å²) in [4.78, 5) is 28.3. The fourth-order valence-electron chi connectivity index (χ4n) is 3.62. The van der Waals surface area contributed by atoms with Crippen LogP contribution in [0.1, 0.15) is 34.5 Å². The van der Waals surface area contributed by atoms with Gasteiger partial charge in [-0.3, -0.25) is 9.59 Å². The molecule has 0 unspecified atom stereocenters. The van der Waals surface area contributed by atoms with Gasteiger partial charge in [0.05, 0.1) is 0 Å². The van der Waals surface area contributed by atoms with Crippen molar-refractivity contribution in [2.75, 3.05) is 18.4 Å². The first-order chi connectivity index (χ1) is 15.5. The summed E-state index contributed by atoms with van der Waals surface area (Å²) >= 11 is 7.65. The molecule has 0 bridgehead atoms. The van der Waals surface area contributed by atoms with Gasteiger partial charge in [-0.15, -0.1) is 11.8 Å². The number of aromatic nitrogens is 1. The number of rotatable bonds is 6. The van der Waals surface area contributed by atoms with E-state index in [9.17, 15) is 9.59 Å². The molecular weight excluding hydrogens is 446 g/mol. The van der Waals surface area contributed by atoms with Gasteiger partial charge in [0.25, 0.3) is 5.91 Å². The van der Waals surface area contributed by atoms with Crippen LogP contribution in [-0.2, 0) is 10.5 Å². The van der Waals surface area contributed by atoms with Crippen molar-refractivity contribution < 1.29 is 14.1 Å². The predicted molar refractivity (Wildman–Crippen MR) is 126 cm³/mol. The van der Waals surface area contributed by atoms with Crippen LogP contribution in [0.4, 0.5) is 5.82 Å². The highest BCUT2D eigenvalue weighted by molar-refractivity contribution is 7.98. The van der Waals surface area contributed by atoms with Crippen LogP contribution in [-0.4, -0.2) is 35.0 Å². The minimum Gasteiger partial charge on any atom is -0.360 e. The van der Waals surface area contributed by atoms with E-state index < -0.39 is 0 Å². The van der Waals surface area contributed by atoms with Gasteiger partial charge in [-0.25, -0.2) is 0 Å². The highest BCUT2D eigenvalue weighted by Crippen LogP contribution is 2.25. The molecule has 3 aromatic rings. The first-order valence-electron chi connectivity index (χ1n) is 10.5. The minimum atomic E-state index is -0.136. The third-order valence-corrected chi connectivity index (χ3v) is 6.79. The van der Waals surface area contributed by atoms with Gasteiger partial charge in [-0.05, 0) is 61.7 Å². The summed E-state index contributed by atoms with van der Waals surface area (Å²) in [5.74, 6) is 1.70. The lowest BCUT2D eigenvalue weighted by atomic mass is 9.95. The summed E-state index contributed by atoms with van der Waals surface area (Å²) in [7, 11) is 0. The van der Waals surface area contributed by atoms with Crippen molar-refractivity contribution in [3.05, 3.63) is 76.5 Å². The highest BCUT2D eigenvalue weighted by Gasteiger charge is 2.28. The molecule has 2 aromatic carbocycles. The van der Waals surface area contributed by atoms with Crippen LogP contribution in [0, 0.1) is 12.8 Å². The summed E-state index contributed by atoms with van der Waals surface area (Å²) in [5, 5.41) is 7.31. The van der Waals surface area contributed by atoms with E-state index in [-0.39, 0.29) is 17.7 Å². The second-order valence-corrected chi connectivity index (χ2v) is 9.30. The Morgan fingerprint density at radius 1 is 1.12 bits per heavy atom. The van der Waals surface area contributed by atoms with Crippen molar-refractivity contribution in [2.45, 2.75) is 30.4 Å². The van der Waals surface area contributed by atoms with E-state index in [1.54, 1.807) is 24.8 Å². The zero-order chi connectivity index (χ0) is 22.5. The number of nitrogens with zero attached hydrogens (tertiary/aromatic N) is 2. The number of halogens is 1. The number of nitrogens with one attached hydrogen (secondary N) is 1. The van der Waals surface area contributed by atoms with E-state index in [1.807, 2.05) is 53.4 Å². The Kier molecular flexibility index (Phi) is 7.17. The number of hydrogen-bond acceptors (Lipinski definition) is 5. The van der Waals surface area contributed by atoms with Crippen LogP contribution in [0.5, 0.6) is 0 Å². The van der Waals surface area contributed by atoms with Crippen molar-refractivity contribution in [2.24, 2.45) is 5.92 Å². The minimum absolute atomic E-state index is 0.00730. The van der Waals surface area contributed by atoms with Crippen LogP contribution in [0.15, 0.2) is 64.0 Å². The van der Waals surface area contributed by atoms with E-state index in [4.69, 9.17) is 16.1 Å². The molecular formula is C24H24ClN3O3S. The third kappa shape index (κ3) is 5.72. The van der Waals surface area contributed by atoms with E-state index in [0.29, 0.717) is 43.1 Å². The van der Waals surface area contributed by atoms with Gasteiger partial charge in [0, 0.05) is 46.3 Å². The Morgan fingerprint density at radius 2 is 1.81 bits per heavy atom. The molecule has 2 heterocycles. The van der Waals surface area contributed by atoms with E-state index >= 15 is 0 Å². The Balaban J connectivity index is 1.26. The first kappa shape index (κ1) is 22.4. The van der Waals surface area contributed by atoms with Crippen molar-refractivity contribution in [3.63, 3.8) is 0 Å².